The van der Waals surface area contributed by atoms with Crippen LogP contribution in [0.25, 0.3) is 0 Å². The molecular formula is C18H25F2N3O2. The molecule has 0 bridgehead atoms. The Morgan fingerprint density at radius 1 is 1.12 bits per heavy atom. The Labute approximate surface area is 146 Å². The van der Waals surface area contributed by atoms with Crippen molar-refractivity contribution >= 4 is 5.97 Å². The summed E-state index contributed by atoms with van der Waals surface area (Å²) < 4.78 is 27.2. The highest BCUT2D eigenvalue weighted by molar-refractivity contribution is 5.75. The average Bonchev–Trinajstić information content (AvgIpc) is 2.58. The Balaban J connectivity index is 1.66. The van der Waals surface area contributed by atoms with E-state index in [4.69, 9.17) is 0 Å². The van der Waals surface area contributed by atoms with E-state index in [-0.39, 0.29) is 5.56 Å². The molecule has 138 valence electrons. The van der Waals surface area contributed by atoms with Crippen LogP contribution in [0.2, 0.25) is 0 Å². The zero-order chi connectivity index (χ0) is 18.0. The van der Waals surface area contributed by atoms with E-state index < -0.39 is 23.6 Å². The topological polar surface area (TPSA) is 47.0 Å². The van der Waals surface area contributed by atoms with Crippen LogP contribution >= 0.6 is 0 Å². The van der Waals surface area contributed by atoms with E-state index in [1.807, 2.05) is 0 Å². The standard InChI is InChI=1S/C18H25F2N3O2/c1-21-6-4-14(5-7-21)22-8-10-23(11-9-22)17(18(24)25)15-3-2-13(19)12-16(15)20/h2-3,12,14,17H,4-11H2,1H3,(H,24,25). The van der Waals surface area contributed by atoms with Crippen LogP contribution in [0.3, 0.4) is 0 Å². The number of rotatable bonds is 4. The van der Waals surface area contributed by atoms with E-state index in [0.717, 1.165) is 51.2 Å². The van der Waals surface area contributed by atoms with E-state index >= 15 is 0 Å². The van der Waals surface area contributed by atoms with Crippen LogP contribution in [0.15, 0.2) is 18.2 Å². The van der Waals surface area contributed by atoms with Crippen molar-refractivity contribution in [3.63, 3.8) is 0 Å². The Morgan fingerprint density at radius 2 is 1.76 bits per heavy atom. The first kappa shape index (κ1) is 18.2. The van der Waals surface area contributed by atoms with Gasteiger partial charge in [0.1, 0.15) is 17.7 Å². The second-order valence-corrected chi connectivity index (χ2v) is 7.01. The van der Waals surface area contributed by atoms with Crippen LogP contribution in [0, 0.1) is 11.6 Å². The molecule has 1 aromatic rings. The average molecular weight is 353 g/mol. The third kappa shape index (κ3) is 4.16. The van der Waals surface area contributed by atoms with Gasteiger partial charge in [0, 0.05) is 43.9 Å². The Hall–Kier alpha value is -1.57. The van der Waals surface area contributed by atoms with Crippen molar-refractivity contribution in [1.29, 1.82) is 0 Å². The van der Waals surface area contributed by atoms with Gasteiger partial charge in [-0.2, -0.15) is 0 Å². The molecule has 2 aliphatic heterocycles. The lowest BCUT2D eigenvalue weighted by Crippen LogP contribution is -2.54. The number of hydrogen-bond donors (Lipinski definition) is 1. The minimum Gasteiger partial charge on any atom is -0.480 e. The van der Waals surface area contributed by atoms with E-state index in [9.17, 15) is 18.7 Å². The summed E-state index contributed by atoms with van der Waals surface area (Å²) in [6.45, 7) is 4.87. The summed E-state index contributed by atoms with van der Waals surface area (Å²) in [5.74, 6) is -2.60. The molecule has 1 unspecified atom stereocenters. The van der Waals surface area contributed by atoms with E-state index in [1.165, 1.54) is 6.07 Å². The molecule has 0 radical (unpaired) electrons. The van der Waals surface area contributed by atoms with Gasteiger partial charge in [0.15, 0.2) is 0 Å². The largest absolute Gasteiger partial charge is 0.480 e. The molecule has 7 heteroatoms. The molecular weight excluding hydrogens is 328 g/mol. The fourth-order valence-electron chi connectivity index (χ4n) is 3.93. The van der Waals surface area contributed by atoms with Gasteiger partial charge in [-0.15, -0.1) is 0 Å². The molecule has 0 spiro atoms. The molecule has 1 atom stereocenters. The quantitative estimate of drug-likeness (QED) is 0.895. The summed E-state index contributed by atoms with van der Waals surface area (Å²) in [5.41, 5.74) is 0.0293. The second kappa shape index (κ2) is 7.76. The number of aliphatic carboxylic acids is 1. The smallest absolute Gasteiger partial charge is 0.325 e. The minimum atomic E-state index is -1.10. The number of carboxylic acids is 1. The lowest BCUT2D eigenvalue weighted by atomic mass is 10.0. The molecule has 0 saturated carbocycles. The first-order valence-electron chi connectivity index (χ1n) is 8.80. The lowest BCUT2D eigenvalue weighted by molar-refractivity contribution is -0.144. The number of carboxylic acid groups (broad SMARTS) is 1. The second-order valence-electron chi connectivity index (χ2n) is 7.01. The number of benzene rings is 1. The zero-order valence-corrected chi connectivity index (χ0v) is 14.5. The van der Waals surface area contributed by atoms with Crippen molar-refractivity contribution in [3.8, 4) is 0 Å². The molecule has 1 aromatic carbocycles. The monoisotopic (exact) mass is 353 g/mol. The van der Waals surface area contributed by atoms with Gasteiger partial charge < -0.3 is 10.0 Å². The summed E-state index contributed by atoms with van der Waals surface area (Å²) in [6, 6.07) is 2.58. The number of carbonyl (C=O) groups is 1. The summed E-state index contributed by atoms with van der Waals surface area (Å²) in [4.78, 5) is 18.3. The Kier molecular flexibility index (Phi) is 5.66. The highest BCUT2D eigenvalue weighted by atomic mass is 19.1. The molecule has 0 amide bonds. The SMILES string of the molecule is CN1CCC(N2CCN(C(C(=O)O)c3ccc(F)cc3F)CC2)CC1. The van der Waals surface area contributed by atoms with Gasteiger partial charge in [-0.05, 0) is 39.0 Å². The van der Waals surface area contributed by atoms with Gasteiger partial charge in [-0.25, -0.2) is 8.78 Å². The van der Waals surface area contributed by atoms with Gasteiger partial charge in [-0.1, -0.05) is 6.07 Å². The third-order valence-electron chi connectivity index (χ3n) is 5.41. The number of nitrogens with zero attached hydrogens (tertiary/aromatic N) is 3. The van der Waals surface area contributed by atoms with Gasteiger partial charge in [0.25, 0.3) is 0 Å². The fraction of sp³-hybridized carbons (Fsp3) is 0.611. The number of piperazine rings is 1. The lowest BCUT2D eigenvalue weighted by Gasteiger charge is -2.43. The minimum absolute atomic E-state index is 0.0293. The van der Waals surface area contributed by atoms with Crippen LogP contribution in [-0.4, -0.2) is 78.1 Å². The van der Waals surface area contributed by atoms with Gasteiger partial charge in [0.2, 0.25) is 0 Å². The Morgan fingerprint density at radius 3 is 2.32 bits per heavy atom. The Bertz CT molecular complexity index is 612. The van der Waals surface area contributed by atoms with Crippen molar-refractivity contribution in [3.05, 3.63) is 35.4 Å². The van der Waals surface area contributed by atoms with Crippen LogP contribution in [-0.2, 0) is 4.79 Å². The summed E-state index contributed by atoms with van der Waals surface area (Å²) in [7, 11) is 2.13. The number of piperidine rings is 1. The first-order valence-corrected chi connectivity index (χ1v) is 8.80. The first-order chi connectivity index (χ1) is 12.0. The number of halogens is 2. The van der Waals surface area contributed by atoms with Gasteiger partial charge in [-0.3, -0.25) is 14.6 Å². The molecule has 3 rings (SSSR count). The highest BCUT2D eigenvalue weighted by Crippen LogP contribution is 2.27. The zero-order valence-electron chi connectivity index (χ0n) is 14.5. The highest BCUT2D eigenvalue weighted by Gasteiger charge is 2.34. The molecule has 2 saturated heterocycles. The van der Waals surface area contributed by atoms with E-state index in [2.05, 4.69) is 16.8 Å². The molecule has 2 heterocycles. The van der Waals surface area contributed by atoms with Crippen LogP contribution < -0.4 is 0 Å². The van der Waals surface area contributed by atoms with Crippen LogP contribution in [0.4, 0.5) is 8.78 Å². The fourth-order valence-corrected chi connectivity index (χ4v) is 3.93. The van der Waals surface area contributed by atoms with Crippen molar-refractivity contribution in [2.75, 3.05) is 46.3 Å². The number of likely N-dealkylation sites (tertiary alicyclic amines) is 1. The third-order valence-corrected chi connectivity index (χ3v) is 5.41. The predicted octanol–water partition coefficient (Wildman–Crippen LogP) is 1.80. The molecule has 1 N–H and O–H groups in total. The van der Waals surface area contributed by atoms with Crippen LogP contribution in [0.5, 0.6) is 0 Å². The maximum Gasteiger partial charge on any atom is 0.325 e. The molecule has 25 heavy (non-hydrogen) atoms. The van der Waals surface area contributed by atoms with Crippen molar-refractivity contribution in [2.45, 2.75) is 24.9 Å². The molecule has 0 aliphatic carbocycles. The van der Waals surface area contributed by atoms with Gasteiger partial charge >= 0.3 is 5.97 Å². The molecule has 5 nitrogen and oxygen atoms in total. The van der Waals surface area contributed by atoms with Crippen molar-refractivity contribution in [2.24, 2.45) is 0 Å². The molecule has 2 aliphatic rings. The maximum absolute atomic E-state index is 14.1. The molecule has 0 aromatic heterocycles. The van der Waals surface area contributed by atoms with Crippen molar-refractivity contribution in [1.82, 2.24) is 14.7 Å². The maximum atomic E-state index is 14.1. The molecule has 2 fully saturated rings. The summed E-state index contributed by atoms with van der Waals surface area (Å²) in [6.07, 6.45) is 2.26. The summed E-state index contributed by atoms with van der Waals surface area (Å²) >= 11 is 0. The van der Waals surface area contributed by atoms with Crippen molar-refractivity contribution < 1.29 is 18.7 Å². The van der Waals surface area contributed by atoms with Crippen LogP contribution in [0.1, 0.15) is 24.4 Å². The van der Waals surface area contributed by atoms with E-state index in [1.54, 1.807) is 4.90 Å². The predicted molar refractivity (Wildman–Crippen MR) is 90.4 cm³/mol. The number of hydrogen-bond acceptors (Lipinski definition) is 4. The summed E-state index contributed by atoms with van der Waals surface area (Å²) in [5, 5.41) is 9.60. The normalized spacial score (nSPS) is 22.8. The van der Waals surface area contributed by atoms with E-state index in [0.29, 0.717) is 19.1 Å². The van der Waals surface area contributed by atoms with Gasteiger partial charge in [0.05, 0.1) is 0 Å².